The van der Waals surface area contributed by atoms with Gasteiger partial charge in [-0.25, -0.2) is 8.78 Å². The lowest BCUT2D eigenvalue weighted by molar-refractivity contribution is 0.102. The van der Waals surface area contributed by atoms with Crippen LogP contribution < -0.4 is 11.1 Å². The van der Waals surface area contributed by atoms with Gasteiger partial charge in [0.25, 0.3) is 5.91 Å². The number of hydrogen-bond acceptors (Lipinski definition) is 3. The number of carbonyl (C=O) groups is 1. The number of carbonyl (C=O) groups excluding carboxylic acids is 1. The summed E-state index contributed by atoms with van der Waals surface area (Å²) in [4.78, 5) is 15.9. The third kappa shape index (κ3) is 3.33. The number of hydrogen-bond donors (Lipinski definition) is 2. The number of rotatable bonds is 3. The fourth-order valence-electron chi connectivity index (χ4n) is 1.50. The molecule has 2 rings (SSSR count). The van der Waals surface area contributed by atoms with Gasteiger partial charge in [0, 0.05) is 23.5 Å². The van der Waals surface area contributed by atoms with Gasteiger partial charge >= 0.3 is 0 Å². The Morgan fingerprint density at radius 1 is 1.20 bits per heavy atom. The van der Waals surface area contributed by atoms with Crippen molar-refractivity contribution in [3.63, 3.8) is 0 Å². The van der Waals surface area contributed by atoms with E-state index in [0.29, 0.717) is 11.6 Å². The second-order valence-corrected chi connectivity index (χ2v) is 4.35. The fraction of sp³-hybridized carbons (Fsp3) is 0. The van der Waals surface area contributed by atoms with Gasteiger partial charge in [-0.15, -0.1) is 0 Å². The van der Waals surface area contributed by atoms with Crippen molar-refractivity contribution < 1.29 is 13.6 Å². The number of nitrogens with one attached hydrogen (secondary N) is 1. The number of nitrogens with two attached hydrogens (primary N) is 1. The number of aromatic nitrogens is 1. The minimum atomic E-state index is -0.780. The van der Waals surface area contributed by atoms with Gasteiger partial charge in [-0.2, -0.15) is 0 Å². The molecule has 3 N–H and O–H groups in total. The van der Waals surface area contributed by atoms with Gasteiger partial charge in [0.05, 0.1) is 0 Å². The summed E-state index contributed by atoms with van der Waals surface area (Å²) in [6.45, 7) is 0. The molecule has 20 heavy (non-hydrogen) atoms. The molecule has 1 heterocycles. The Bertz CT molecular complexity index is 654. The molecule has 0 unspecified atom stereocenters. The number of benzene rings is 1. The molecule has 7 heteroatoms. The minimum Gasteiger partial charge on any atom is -0.389 e. The van der Waals surface area contributed by atoms with Crippen molar-refractivity contribution in [2.45, 2.75) is 0 Å². The first-order chi connectivity index (χ1) is 9.45. The van der Waals surface area contributed by atoms with Crippen molar-refractivity contribution in [1.82, 2.24) is 4.98 Å². The number of anilines is 1. The van der Waals surface area contributed by atoms with Crippen LogP contribution >= 0.6 is 12.2 Å². The maximum Gasteiger partial charge on any atom is 0.274 e. The summed E-state index contributed by atoms with van der Waals surface area (Å²) in [6, 6.07) is 5.68. The summed E-state index contributed by atoms with van der Waals surface area (Å²) in [5.41, 5.74) is 6.01. The second kappa shape index (κ2) is 5.70. The van der Waals surface area contributed by atoms with Crippen molar-refractivity contribution in [3.05, 3.63) is 59.4 Å². The summed E-state index contributed by atoms with van der Waals surface area (Å²) < 4.78 is 26.0. The van der Waals surface area contributed by atoms with E-state index in [0.717, 1.165) is 12.1 Å². The Morgan fingerprint density at radius 3 is 2.35 bits per heavy atom. The molecule has 1 amide bonds. The third-order valence-electron chi connectivity index (χ3n) is 2.40. The largest absolute Gasteiger partial charge is 0.389 e. The van der Waals surface area contributed by atoms with Crippen LogP contribution in [0.25, 0.3) is 0 Å². The van der Waals surface area contributed by atoms with Crippen LogP contribution in [0.4, 0.5) is 14.5 Å². The van der Waals surface area contributed by atoms with E-state index in [1.54, 1.807) is 0 Å². The summed E-state index contributed by atoms with van der Waals surface area (Å²) in [6.07, 6.45) is 1.35. The normalized spacial score (nSPS) is 10.1. The fourth-order valence-corrected chi connectivity index (χ4v) is 1.62. The Hall–Kier alpha value is -2.41. The molecule has 0 saturated heterocycles. The average molecular weight is 293 g/mol. The highest BCUT2D eigenvalue weighted by Gasteiger charge is 2.09. The lowest BCUT2D eigenvalue weighted by atomic mass is 10.2. The first kappa shape index (κ1) is 14.0. The molecule has 0 atom stereocenters. The van der Waals surface area contributed by atoms with Crippen molar-refractivity contribution in [2.24, 2.45) is 5.73 Å². The van der Waals surface area contributed by atoms with Gasteiger partial charge in [-0.05, 0) is 24.3 Å². The van der Waals surface area contributed by atoms with Crippen molar-refractivity contribution in [2.75, 3.05) is 5.32 Å². The van der Waals surface area contributed by atoms with Crippen LogP contribution in [-0.4, -0.2) is 15.9 Å². The predicted octanol–water partition coefficient (Wildman–Crippen LogP) is 2.25. The summed E-state index contributed by atoms with van der Waals surface area (Å²) in [5.74, 6) is -2.15. The van der Waals surface area contributed by atoms with Gasteiger partial charge in [0.2, 0.25) is 0 Å². The van der Waals surface area contributed by atoms with Crippen molar-refractivity contribution in [3.8, 4) is 0 Å². The standard InChI is InChI=1S/C13H9F2N3OS/c14-8-3-9(15)5-10(4-8)18-13(19)11-2-1-7(6-17-11)12(16)20/h1-6H,(H2,16,20)(H,18,19). The lowest BCUT2D eigenvalue weighted by Gasteiger charge is -2.05. The van der Waals surface area contributed by atoms with Crippen molar-refractivity contribution >= 4 is 28.8 Å². The van der Waals surface area contributed by atoms with Crippen LogP contribution in [0.2, 0.25) is 0 Å². The highest BCUT2D eigenvalue weighted by molar-refractivity contribution is 7.80. The number of pyridine rings is 1. The van der Waals surface area contributed by atoms with E-state index in [9.17, 15) is 13.6 Å². The first-order valence-electron chi connectivity index (χ1n) is 5.49. The zero-order valence-electron chi connectivity index (χ0n) is 10.1. The molecule has 0 spiro atoms. The van der Waals surface area contributed by atoms with Crippen LogP contribution in [-0.2, 0) is 0 Å². The highest BCUT2D eigenvalue weighted by Crippen LogP contribution is 2.13. The molecule has 0 aliphatic rings. The molecule has 2 aromatic rings. The molecular weight excluding hydrogens is 284 g/mol. The maximum absolute atomic E-state index is 13.0. The predicted molar refractivity (Wildman–Crippen MR) is 74.4 cm³/mol. The quantitative estimate of drug-likeness (QED) is 0.852. The first-order valence-corrected chi connectivity index (χ1v) is 5.90. The molecule has 0 aliphatic heterocycles. The van der Waals surface area contributed by atoms with Crippen LogP contribution in [0.15, 0.2) is 36.5 Å². The molecular formula is C13H9F2N3OS. The van der Waals surface area contributed by atoms with Crippen LogP contribution in [0.1, 0.15) is 16.1 Å². The Kier molecular flexibility index (Phi) is 3.99. The van der Waals surface area contributed by atoms with Crippen LogP contribution in [0.5, 0.6) is 0 Å². The smallest absolute Gasteiger partial charge is 0.274 e. The lowest BCUT2D eigenvalue weighted by Crippen LogP contribution is -2.15. The van der Waals surface area contributed by atoms with E-state index >= 15 is 0 Å². The van der Waals surface area contributed by atoms with Gasteiger partial charge in [-0.1, -0.05) is 12.2 Å². The Labute approximate surface area is 118 Å². The topological polar surface area (TPSA) is 68.0 Å². The van der Waals surface area contributed by atoms with Crippen LogP contribution in [0.3, 0.4) is 0 Å². The second-order valence-electron chi connectivity index (χ2n) is 3.91. The Balaban J connectivity index is 2.17. The zero-order valence-corrected chi connectivity index (χ0v) is 10.9. The van der Waals surface area contributed by atoms with Crippen molar-refractivity contribution in [1.29, 1.82) is 0 Å². The molecule has 1 aromatic carbocycles. The summed E-state index contributed by atoms with van der Waals surface area (Å²) >= 11 is 4.76. The molecule has 1 aromatic heterocycles. The number of amides is 1. The van der Waals surface area contributed by atoms with Crippen LogP contribution in [0, 0.1) is 11.6 Å². The van der Waals surface area contributed by atoms with Gasteiger partial charge in [0.1, 0.15) is 22.3 Å². The summed E-state index contributed by atoms with van der Waals surface area (Å²) in [7, 11) is 0. The number of nitrogens with zero attached hydrogens (tertiary/aromatic N) is 1. The van der Waals surface area contributed by atoms with E-state index in [2.05, 4.69) is 10.3 Å². The maximum atomic E-state index is 13.0. The SMILES string of the molecule is NC(=S)c1ccc(C(=O)Nc2cc(F)cc(F)c2)nc1. The van der Waals surface area contributed by atoms with E-state index < -0.39 is 17.5 Å². The molecule has 0 fully saturated rings. The number of halogens is 2. The monoisotopic (exact) mass is 293 g/mol. The highest BCUT2D eigenvalue weighted by atomic mass is 32.1. The zero-order chi connectivity index (χ0) is 14.7. The molecule has 0 saturated carbocycles. The molecule has 0 radical (unpaired) electrons. The van der Waals surface area contributed by atoms with Gasteiger partial charge in [0.15, 0.2) is 0 Å². The van der Waals surface area contributed by atoms with Gasteiger partial charge < -0.3 is 11.1 Å². The molecule has 0 aliphatic carbocycles. The molecule has 4 nitrogen and oxygen atoms in total. The van der Waals surface area contributed by atoms with Gasteiger partial charge in [-0.3, -0.25) is 9.78 Å². The minimum absolute atomic E-state index is 0.00715. The summed E-state index contributed by atoms with van der Waals surface area (Å²) in [5, 5.41) is 2.34. The Morgan fingerprint density at radius 2 is 1.85 bits per heavy atom. The molecule has 0 bridgehead atoms. The molecule has 102 valence electrons. The average Bonchev–Trinajstić information content (AvgIpc) is 2.37. The van der Waals surface area contributed by atoms with E-state index in [-0.39, 0.29) is 16.4 Å². The third-order valence-corrected chi connectivity index (χ3v) is 2.64. The van der Waals surface area contributed by atoms with E-state index in [1.807, 2.05) is 0 Å². The number of thiocarbonyl (C=S) groups is 1. The van der Waals surface area contributed by atoms with E-state index in [4.69, 9.17) is 18.0 Å². The van der Waals surface area contributed by atoms with E-state index in [1.165, 1.54) is 18.3 Å².